The lowest BCUT2D eigenvalue weighted by atomic mass is 9.90. The van der Waals surface area contributed by atoms with Crippen LogP contribution >= 0.6 is 11.5 Å². The number of carbonyl (C=O) groups excluding carboxylic acids is 1. The molecule has 0 atom stereocenters. The van der Waals surface area contributed by atoms with Crippen LogP contribution in [0.15, 0.2) is 18.2 Å². The van der Waals surface area contributed by atoms with Crippen LogP contribution in [0.25, 0.3) is 0 Å². The van der Waals surface area contributed by atoms with Crippen molar-refractivity contribution >= 4 is 17.3 Å². The minimum absolute atomic E-state index is 0.220. The molecule has 0 aliphatic rings. The quantitative estimate of drug-likeness (QED) is 0.789. The minimum Gasteiger partial charge on any atom is -0.288 e. The Morgan fingerprint density at radius 2 is 1.95 bits per heavy atom. The molecule has 0 fully saturated rings. The average molecular weight is 278 g/mol. The number of carbonyl (C=O) groups is 1. The molecule has 3 nitrogen and oxygen atoms in total. The van der Waals surface area contributed by atoms with E-state index in [1.807, 2.05) is 20.8 Å². The Kier molecular flexibility index (Phi) is 3.49. The lowest BCUT2D eigenvalue weighted by Crippen LogP contribution is -2.16. The molecule has 0 spiro atoms. The van der Waals surface area contributed by atoms with Gasteiger partial charge in [0.1, 0.15) is 10.7 Å². The number of halogens is 1. The molecule has 0 aliphatic carbocycles. The molecule has 1 aromatic heterocycles. The maximum atomic E-state index is 13.4. The topological polar surface area (TPSA) is 42.9 Å². The van der Waals surface area contributed by atoms with Gasteiger partial charge in [0, 0.05) is 11.0 Å². The number of aryl methyl sites for hydroxylation is 1. The van der Waals surface area contributed by atoms with E-state index in [0.29, 0.717) is 16.1 Å². The van der Waals surface area contributed by atoms with Crippen LogP contribution in [0.1, 0.15) is 47.3 Å². The number of hydrogen-bond donors (Lipinski definition) is 0. The average Bonchev–Trinajstić information content (AvgIpc) is 2.74. The summed E-state index contributed by atoms with van der Waals surface area (Å²) in [5.74, 6) is -0.624. The minimum atomic E-state index is -0.405. The van der Waals surface area contributed by atoms with Gasteiger partial charge in [-0.2, -0.15) is 0 Å². The highest BCUT2D eigenvalue weighted by molar-refractivity contribution is 7.08. The molecular formula is C14H15FN2OS. The zero-order chi connectivity index (χ0) is 14.2. The van der Waals surface area contributed by atoms with Gasteiger partial charge in [0.05, 0.1) is 5.69 Å². The Morgan fingerprint density at radius 3 is 2.53 bits per heavy atom. The van der Waals surface area contributed by atoms with E-state index >= 15 is 0 Å². The number of hydrogen-bond acceptors (Lipinski definition) is 4. The van der Waals surface area contributed by atoms with Crippen LogP contribution in [0.2, 0.25) is 0 Å². The van der Waals surface area contributed by atoms with E-state index in [2.05, 4.69) is 9.59 Å². The number of ketones is 1. The molecule has 1 heterocycles. The van der Waals surface area contributed by atoms with Crippen LogP contribution in [-0.2, 0) is 5.41 Å². The summed E-state index contributed by atoms with van der Waals surface area (Å²) in [7, 11) is 0. The number of benzene rings is 1. The second-order valence-corrected chi connectivity index (χ2v) is 6.30. The third-order valence-corrected chi connectivity index (χ3v) is 3.43. The molecule has 2 aromatic rings. The summed E-state index contributed by atoms with van der Waals surface area (Å²) in [4.78, 5) is 12.9. The highest BCUT2D eigenvalue weighted by atomic mass is 32.1. The molecule has 100 valence electrons. The van der Waals surface area contributed by atoms with Gasteiger partial charge < -0.3 is 0 Å². The molecule has 0 saturated carbocycles. The number of rotatable bonds is 2. The van der Waals surface area contributed by atoms with Crippen LogP contribution in [0.5, 0.6) is 0 Å². The first-order valence-corrected chi connectivity index (χ1v) is 6.71. The van der Waals surface area contributed by atoms with Crippen LogP contribution in [0.4, 0.5) is 4.39 Å². The van der Waals surface area contributed by atoms with Crippen molar-refractivity contribution in [1.29, 1.82) is 0 Å². The Bertz CT molecular complexity index is 608. The van der Waals surface area contributed by atoms with Crippen LogP contribution in [0, 0.1) is 12.7 Å². The van der Waals surface area contributed by atoms with Crippen LogP contribution in [-0.4, -0.2) is 15.4 Å². The highest BCUT2D eigenvalue weighted by Crippen LogP contribution is 2.28. The Balaban J connectivity index is 2.48. The summed E-state index contributed by atoms with van der Waals surface area (Å²) < 4.78 is 17.2. The summed E-state index contributed by atoms with van der Waals surface area (Å²) in [5, 5.41) is 4.03. The van der Waals surface area contributed by atoms with E-state index in [-0.39, 0.29) is 11.2 Å². The molecule has 0 radical (unpaired) electrons. The molecule has 0 aliphatic heterocycles. The first kappa shape index (κ1) is 13.8. The molecule has 0 unspecified atom stereocenters. The molecule has 0 N–H and O–H groups in total. The van der Waals surface area contributed by atoms with Crippen molar-refractivity contribution in [3.05, 3.63) is 45.7 Å². The van der Waals surface area contributed by atoms with Gasteiger partial charge in [-0.15, -0.1) is 5.10 Å². The summed E-state index contributed by atoms with van der Waals surface area (Å²) >= 11 is 1.06. The predicted molar refractivity (Wildman–Crippen MR) is 73.2 cm³/mol. The third kappa shape index (κ3) is 2.87. The molecule has 0 amide bonds. The standard InChI is InChI=1S/C14H15FN2OS/c1-8-5-9(7-10(15)6-8)11(18)12-13(14(2,3)4)16-17-19-12/h5-7H,1-4H3. The van der Waals surface area contributed by atoms with Crippen LogP contribution < -0.4 is 0 Å². The summed E-state index contributed by atoms with van der Waals surface area (Å²) in [6.45, 7) is 7.67. The summed E-state index contributed by atoms with van der Waals surface area (Å²) in [6, 6.07) is 4.32. The largest absolute Gasteiger partial charge is 0.288 e. The maximum Gasteiger partial charge on any atom is 0.206 e. The molecule has 0 saturated heterocycles. The first-order valence-electron chi connectivity index (χ1n) is 5.94. The zero-order valence-electron chi connectivity index (χ0n) is 11.3. The van der Waals surface area contributed by atoms with Crippen molar-refractivity contribution in [3.63, 3.8) is 0 Å². The van der Waals surface area contributed by atoms with E-state index in [4.69, 9.17) is 0 Å². The molecular weight excluding hydrogens is 263 g/mol. The predicted octanol–water partition coefficient (Wildman–Crippen LogP) is 3.51. The zero-order valence-corrected chi connectivity index (χ0v) is 12.1. The van der Waals surface area contributed by atoms with Gasteiger partial charge in [0.15, 0.2) is 0 Å². The van der Waals surface area contributed by atoms with Gasteiger partial charge in [-0.05, 0) is 42.2 Å². The number of nitrogens with zero attached hydrogens (tertiary/aromatic N) is 2. The smallest absolute Gasteiger partial charge is 0.206 e. The van der Waals surface area contributed by atoms with Gasteiger partial charge in [-0.1, -0.05) is 25.3 Å². The van der Waals surface area contributed by atoms with Crippen molar-refractivity contribution in [3.8, 4) is 0 Å². The molecule has 0 bridgehead atoms. The second kappa shape index (κ2) is 4.81. The fraction of sp³-hybridized carbons (Fsp3) is 0.357. The number of aromatic nitrogens is 2. The Morgan fingerprint density at radius 1 is 1.26 bits per heavy atom. The third-order valence-electron chi connectivity index (χ3n) is 2.71. The SMILES string of the molecule is Cc1cc(F)cc(C(=O)c2snnc2C(C)(C)C)c1. The van der Waals surface area contributed by atoms with Crippen molar-refractivity contribution < 1.29 is 9.18 Å². The lowest BCUT2D eigenvalue weighted by Gasteiger charge is -2.16. The second-order valence-electron chi connectivity index (χ2n) is 5.55. The van der Waals surface area contributed by atoms with Gasteiger partial charge >= 0.3 is 0 Å². The summed E-state index contributed by atoms with van der Waals surface area (Å²) in [6.07, 6.45) is 0. The first-order chi connectivity index (χ1) is 8.79. The van der Waals surface area contributed by atoms with Crippen molar-refractivity contribution in [2.24, 2.45) is 0 Å². The van der Waals surface area contributed by atoms with Crippen molar-refractivity contribution in [2.75, 3.05) is 0 Å². The Hall–Kier alpha value is -1.62. The van der Waals surface area contributed by atoms with Gasteiger partial charge in [-0.3, -0.25) is 4.79 Å². The van der Waals surface area contributed by atoms with Crippen LogP contribution in [0.3, 0.4) is 0 Å². The van der Waals surface area contributed by atoms with Gasteiger partial charge in [-0.25, -0.2) is 4.39 Å². The normalized spacial score (nSPS) is 11.6. The van der Waals surface area contributed by atoms with Gasteiger partial charge in [0.25, 0.3) is 0 Å². The maximum absolute atomic E-state index is 13.4. The summed E-state index contributed by atoms with van der Waals surface area (Å²) in [5.41, 5.74) is 1.46. The molecule has 1 aromatic carbocycles. The van der Waals surface area contributed by atoms with Crippen molar-refractivity contribution in [1.82, 2.24) is 9.59 Å². The Labute approximate surface area is 115 Å². The van der Waals surface area contributed by atoms with Crippen molar-refractivity contribution in [2.45, 2.75) is 33.1 Å². The molecule has 5 heteroatoms. The van der Waals surface area contributed by atoms with E-state index < -0.39 is 5.82 Å². The van der Waals surface area contributed by atoms with Gasteiger partial charge in [0.2, 0.25) is 5.78 Å². The van der Waals surface area contributed by atoms with E-state index in [9.17, 15) is 9.18 Å². The monoisotopic (exact) mass is 278 g/mol. The lowest BCUT2D eigenvalue weighted by molar-refractivity contribution is 0.103. The molecule has 2 rings (SSSR count). The molecule has 19 heavy (non-hydrogen) atoms. The van der Waals surface area contributed by atoms with E-state index in [1.165, 1.54) is 12.1 Å². The van der Waals surface area contributed by atoms with E-state index in [1.54, 1.807) is 13.0 Å². The highest BCUT2D eigenvalue weighted by Gasteiger charge is 2.27. The fourth-order valence-corrected chi connectivity index (χ4v) is 2.67. The fourth-order valence-electron chi connectivity index (χ4n) is 1.83. The van der Waals surface area contributed by atoms with E-state index in [0.717, 1.165) is 17.1 Å².